The van der Waals surface area contributed by atoms with Crippen LogP contribution in [0.2, 0.25) is 0 Å². The van der Waals surface area contributed by atoms with Crippen molar-refractivity contribution in [2.45, 2.75) is 32.9 Å². The number of ether oxygens (including phenoxy) is 1. The average Bonchev–Trinajstić information content (AvgIpc) is 2.85. The molecule has 1 atom stereocenters. The Morgan fingerprint density at radius 2 is 2.30 bits per heavy atom. The summed E-state index contributed by atoms with van der Waals surface area (Å²) in [4.78, 5) is 10.3. The van der Waals surface area contributed by atoms with E-state index in [1.54, 1.807) is 0 Å². The minimum absolute atomic E-state index is 0.373. The molecule has 2 aromatic heterocycles. The Morgan fingerprint density at radius 3 is 3.15 bits per heavy atom. The highest BCUT2D eigenvalue weighted by Gasteiger charge is 2.21. The van der Waals surface area contributed by atoms with Crippen molar-refractivity contribution in [1.82, 2.24) is 14.9 Å². The van der Waals surface area contributed by atoms with Gasteiger partial charge in [0.2, 0.25) is 0 Å². The molecule has 2 aromatic rings. The number of nitrogens with zero attached hydrogens (tertiary/aromatic N) is 2. The van der Waals surface area contributed by atoms with Gasteiger partial charge < -0.3 is 9.72 Å². The first-order chi connectivity index (χ1) is 9.70. The van der Waals surface area contributed by atoms with Crippen molar-refractivity contribution in [1.29, 1.82) is 0 Å². The highest BCUT2D eigenvalue weighted by atomic mass is 16.5. The predicted octanol–water partition coefficient (Wildman–Crippen LogP) is 2.81. The minimum Gasteiger partial charge on any atom is -0.376 e. The summed E-state index contributed by atoms with van der Waals surface area (Å²) in [6.45, 7) is 8.27. The van der Waals surface area contributed by atoms with E-state index in [0.717, 1.165) is 44.0 Å². The van der Waals surface area contributed by atoms with Crippen LogP contribution in [0.4, 0.5) is 0 Å². The number of hydrogen-bond acceptors (Lipinski definition) is 3. The van der Waals surface area contributed by atoms with Crippen LogP contribution in [0.15, 0.2) is 24.4 Å². The van der Waals surface area contributed by atoms with E-state index in [9.17, 15) is 0 Å². The summed E-state index contributed by atoms with van der Waals surface area (Å²) in [7, 11) is 0. The number of aromatic nitrogens is 2. The number of hydrogen-bond donors (Lipinski definition) is 1. The lowest BCUT2D eigenvalue weighted by atomic mass is 10.0. The molecule has 0 aliphatic carbocycles. The van der Waals surface area contributed by atoms with Crippen LogP contribution >= 0.6 is 0 Å². The normalized spacial score (nSPS) is 20.9. The third kappa shape index (κ3) is 3.19. The van der Waals surface area contributed by atoms with Gasteiger partial charge in [-0.2, -0.15) is 0 Å². The maximum absolute atomic E-state index is 5.85. The molecule has 0 radical (unpaired) electrons. The first kappa shape index (κ1) is 13.6. The highest BCUT2D eigenvalue weighted by Crippen LogP contribution is 2.17. The number of H-pyrrole nitrogens is 1. The Kier molecular flexibility index (Phi) is 4.03. The second-order valence-corrected chi connectivity index (χ2v) is 6.08. The van der Waals surface area contributed by atoms with Gasteiger partial charge in [0, 0.05) is 31.2 Å². The number of morpholine rings is 1. The molecule has 4 heteroatoms. The zero-order valence-corrected chi connectivity index (χ0v) is 12.3. The van der Waals surface area contributed by atoms with Crippen LogP contribution in [-0.4, -0.2) is 40.7 Å². The maximum Gasteiger partial charge on any atom is 0.137 e. The fourth-order valence-corrected chi connectivity index (χ4v) is 2.88. The fraction of sp³-hybridized carbons (Fsp3) is 0.562. The van der Waals surface area contributed by atoms with E-state index in [2.05, 4.69) is 46.9 Å². The van der Waals surface area contributed by atoms with E-state index in [4.69, 9.17) is 4.74 Å². The molecule has 0 aromatic carbocycles. The maximum atomic E-state index is 5.85. The van der Waals surface area contributed by atoms with Gasteiger partial charge in [0.05, 0.1) is 18.4 Å². The smallest absolute Gasteiger partial charge is 0.137 e. The summed E-state index contributed by atoms with van der Waals surface area (Å²) >= 11 is 0. The summed E-state index contributed by atoms with van der Waals surface area (Å²) in [5, 5.41) is 1.17. The predicted molar refractivity (Wildman–Crippen MR) is 80.6 cm³/mol. The lowest BCUT2D eigenvalue weighted by Gasteiger charge is -2.33. The summed E-state index contributed by atoms with van der Waals surface area (Å²) in [5.74, 6) is 0.688. The molecule has 0 amide bonds. The Bertz CT molecular complexity index is 564. The Morgan fingerprint density at radius 1 is 1.40 bits per heavy atom. The third-order valence-corrected chi connectivity index (χ3v) is 3.81. The summed E-state index contributed by atoms with van der Waals surface area (Å²) in [6, 6.07) is 6.32. The van der Waals surface area contributed by atoms with Crippen molar-refractivity contribution in [3.63, 3.8) is 0 Å². The van der Waals surface area contributed by atoms with Crippen LogP contribution < -0.4 is 0 Å². The molecule has 20 heavy (non-hydrogen) atoms. The monoisotopic (exact) mass is 273 g/mol. The van der Waals surface area contributed by atoms with Crippen molar-refractivity contribution >= 4 is 11.0 Å². The summed E-state index contributed by atoms with van der Waals surface area (Å²) in [6.07, 6.45) is 3.45. The van der Waals surface area contributed by atoms with Gasteiger partial charge in [-0.1, -0.05) is 13.8 Å². The molecule has 0 saturated carbocycles. The van der Waals surface area contributed by atoms with E-state index in [0.29, 0.717) is 12.0 Å². The van der Waals surface area contributed by atoms with Crippen molar-refractivity contribution in [2.24, 2.45) is 5.92 Å². The molecule has 1 N–H and O–H groups in total. The molecule has 1 fully saturated rings. The lowest BCUT2D eigenvalue weighted by Crippen LogP contribution is -2.42. The van der Waals surface area contributed by atoms with Crippen LogP contribution in [0, 0.1) is 5.92 Å². The molecule has 108 valence electrons. The quantitative estimate of drug-likeness (QED) is 0.931. The number of aromatic amines is 1. The fourth-order valence-electron chi connectivity index (χ4n) is 2.88. The molecule has 3 heterocycles. The average molecular weight is 273 g/mol. The topological polar surface area (TPSA) is 41.2 Å². The van der Waals surface area contributed by atoms with Gasteiger partial charge in [-0.15, -0.1) is 0 Å². The van der Waals surface area contributed by atoms with E-state index in [-0.39, 0.29) is 0 Å². The van der Waals surface area contributed by atoms with Crippen LogP contribution in [0.1, 0.15) is 26.0 Å². The van der Waals surface area contributed by atoms with Gasteiger partial charge in [-0.05, 0) is 30.5 Å². The molecule has 3 rings (SSSR count). The van der Waals surface area contributed by atoms with E-state index >= 15 is 0 Å². The van der Waals surface area contributed by atoms with E-state index in [1.165, 1.54) is 5.39 Å². The van der Waals surface area contributed by atoms with Gasteiger partial charge >= 0.3 is 0 Å². The van der Waals surface area contributed by atoms with Crippen LogP contribution in [0.3, 0.4) is 0 Å². The second-order valence-electron chi connectivity index (χ2n) is 6.08. The van der Waals surface area contributed by atoms with Gasteiger partial charge in [0.1, 0.15) is 5.65 Å². The number of pyridine rings is 1. The molecule has 1 aliphatic heterocycles. The first-order valence-electron chi connectivity index (χ1n) is 7.47. The summed E-state index contributed by atoms with van der Waals surface area (Å²) in [5.41, 5.74) is 2.11. The minimum atomic E-state index is 0.373. The summed E-state index contributed by atoms with van der Waals surface area (Å²) < 4.78 is 5.85. The zero-order valence-electron chi connectivity index (χ0n) is 12.3. The van der Waals surface area contributed by atoms with Gasteiger partial charge in [0.15, 0.2) is 0 Å². The molecule has 0 spiro atoms. The van der Waals surface area contributed by atoms with Crippen molar-refractivity contribution in [2.75, 3.05) is 19.7 Å². The van der Waals surface area contributed by atoms with E-state index in [1.807, 2.05) is 6.20 Å². The third-order valence-electron chi connectivity index (χ3n) is 3.81. The van der Waals surface area contributed by atoms with Crippen molar-refractivity contribution in [3.8, 4) is 0 Å². The zero-order chi connectivity index (χ0) is 13.9. The second kappa shape index (κ2) is 5.94. The SMILES string of the molecule is CC(C)C[C@@H]1CN(Cc2ccc3cc[nH]c3n2)CCO1. The molecule has 1 saturated heterocycles. The largest absolute Gasteiger partial charge is 0.376 e. The molecule has 0 bridgehead atoms. The Balaban J connectivity index is 1.64. The molecule has 1 aliphatic rings. The standard InChI is InChI=1S/C16H23N3O/c1-12(2)9-15-11-19(7-8-20-15)10-14-4-3-13-5-6-17-16(13)18-14/h3-6,12,15H,7-11H2,1-2H3,(H,17,18)/t15-/m1/s1. The number of fused-ring (bicyclic) bond motifs is 1. The number of rotatable bonds is 4. The van der Waals surface area contributed by atoms with Crippen LogP contribution in [0.5, 0.6) is 0 Å². The van der Waals surface area contributed by atoms with E-state index < -0.39 is 0 Å². The van der Waals surface area contributed by atoms with Gasteiger partial charge in [-0.3, -0.25) is 4.90 Å². The first-order valence-corrected chi connectivity index (χ1v) is 7.47. The van der Waals surface area contributed by atoms with Crippen molar-refractivity contribution < 1.29 is 4.74 Å². The van der Waals surface area contributed by atoms with Gasteiger partial charge in [0.25, 0.3) is 0 Å². The van der Waals surface area contributed by atoms with Crippen LogP contribution in [0.25, 0.3) is 11.0 Å². The number of nitrogens with one attached hydrogen (secondary N) is 1. The Labute approximate surface area is 120 Å². The Hall–Kier alpha value is -1.39. The lowest BCUT2D eigenvalue weighted by molar-refractivity contribution is -0.0402. The van der Waals surface area contributed by atoms with Crippen LogP contribution in [-0.2, 0) is 11.3 Å². The molecule has 4 nitrogen and oxygen atoms in total. The molecule has 0 unspecified atom stereocenters. The molecular formula is C16H23N3O. The molecular weight excluding hydrogens is 250 g/mol. The van der Waals surface area contributed by atoms with Crippen molar-refractivity contribution in [3.05, 3.63) is 30.1 Å². The van der Waals surface area contributed by atoms with Gasteiger partial charge in [-0.25, -0.2) is 4.98 Å². The highest BCUT2D eigenvalue weighted by molar-refractivity contribution is 5.75.